The molecule has 5 heteroatoms. The number of pyridine rings is 1. The predicted molar refractivity (Wildman–Crippen MR) is 105 cm³/mol. The highest BCUT2D eigenvalue weighted by Crippen LogP contribution is 2.27. The molecule has 132 valence electrons. The van der Waals surface area contributed by atoms with Gasteiger partial charge in [-0.05, 0) is 62.4 Å². The van der Waals surface area contributed by atoms with Crippen LogP contribution in [0.15, 0.2) is 65.2 Å². The number of H-pyrrole nitrogens is 1. The molecule has 0 saturated heterocycles. The van der Waals surface area contributed by atoms with E-state index in [1.165, 1.54) is 0 Å². The van der Waals surface area contributed by atoms with E-state index in [1.54, 1.807) is 0 Å². The molecule has 0 saturated carbocycles. The maximum absolute atomic E-state index is 5.59. The highest BCUT2D eigenvalue weighted by molar-refractivity contribution is 5.92. The number of hydrogen-bond donors (Lipinski definition) is 3. The Bertz CT molecular complexity index is 1000. The zero-order valence-corrected chi connectivity index (χ0v) is 14.9. The summed E-state index contributed by atoms with van der Waals surface area (Å²) in [6.45, 7) is 4.70. The molecule has 0 radical (unpaired) electrons. The standard InChI is InChI=1S/C21H22N4O/c1-14-8-9-16(26-14)13-23-21-11-10-17-19(5-3-6-20(17)25-21)24-15(2)18-7-4-12-22-18/h3-12,15,22,24H,13H2,1-2H3,(H,23,25). The van der Waals surface area contributed by atoms with E-state index >= 15 is 0 Å². The van der Waals surface area contributed by atoms with E-state index in [4.69, 9.17) is 9.40 Å². The number of aromatic amines is 1. The van der Waals surface area contributed by atoms with E-state index in [0.717, 1.165) is 39.6 Å². The van der Waals surface area contributed by atoms with Gasteiger partial charge in [-0.3, -0.25) is 0 Å². The monoisotopic (exact) mass is 346 g/mol. The van der Waals surface area contributed by atoms with Crippen molar-refractivity contribution in [1.29, 1.82) is 0 Å². The third-order valence-electron chi connectivity index (χ3n) is 4.43. The van der Waals surface area contributed by atoms with Crippen LogP contribution in [0.5, 0.6) is 0 Å². The van der Waals surface area contributed by atoms with Gasteiger partial charge >= 0.3 is 0 Å². The van der Waals surface area contributed by atoms with Crippen LogP contribution in [-0.2, 0) is 6.54 Å². The second kappa shape index (κ2) is 6.96. The number of fused-ring (bicyclic) bond motifs is 1. The molecular formula is C21H22N4O. The Balaban J connectivity index is 1.53. The van der Waals surface area contributed by atoms with Crippen LogP contribution in [0, 0.1) is 6.92 Å². The molecule has 0 amide bonds. The van der Waals surface area contributed by atoms with Gasteiger partial charge in [0.25, 0.3) is 0 Å². The van der Waals surface area contributed by atoms with E-state index in [2.05, 4.69) is 40.7 Å². The molecule has 4 aromatic rings. The van der Waals surface area contributed by atoms with Crippen LogP contribution in [-0.4, -0.2) is 9.97 Å². The van der Waals surface area contributed by atoms with Crippen molar-refractivity contribution in [3.8, 4) is 0 Å². The number of aromatic nitrogens is 2. The summed E-state index contributed by atoms with van der Waals surface area (Å²) in [5, 5.41) is 7.98. The molecule has 5 nitrogen and oxygen atoms in total. The average Bonchev–Trinajstić information content (AvgIpc) is 3.32. The van der Waals surface area contributed by atoms with Crippen molar-refractivity contribution in [2.24, 2.45) is 0 Å². The van der Waals surface area contributed by atoms with Crippen LogP contribution < -0.4 is 10.6 Å². The first-order chi connectivity index (χ1) is 12.7. The first-order valence-corrected chi connectivity index (χ1v) is 8.78. The summed E-state index contributed by atoms with van der Waals surface area (Å²) in [5.41, 5.74) is 3.18. The van der Waals surface area contributed by atoms with Gasteiger partial charge in [0.05, 0.1) is 18.1 Å². The van der Waals surface area contributed by atoms with E-state index in [9.17, 15) is 0 Å². The maximum Gasteiger partial charge on any atom is 0.127 e. The number of anilines is 2. The molecule has 4 rings (SSSR count). The van der Waals surface area contributed by atoms with E-state index < -0.39 is 0 Å². The van der Waals surface area contributed by atoms with Crippen molar-refractivity contribution >= 4 is 22.4 Å². The fourth-order valence-electron chi connectivity index (χ4n) is 3.06. The van der Waals surface area contributed by atoms with Crippen LogP contribution in [0.3, 0.4) is 0 Å². The summed E-state index contributed by atoms with van der Waals surface area (Å²) in [7, 11) is 0. The SMILES string of the molecule is Cc1ccc(CNc2ccc3c(NC(C)c4ccc[nH]4)cccc3n2)o1. The summed E-state index contributed by atoms with van der Waals surface area (Å²) < 4.78 is 5.59. The molecule has 26 heavy (non-hydrogen) atoms. The summed E-state index contributed by atoms with van der Waals surface area (Å²) >= 11 is 0. The van der Waals surface area contributed by atoms with Gasteiger partial charge in [0.1, 0.15) is 17.3 Å². The minimum atomic E-state index is 0.190. The van der Waals surface area contributed by atoms with Gasteiger partial charge in [0.15, 0.2) is 0 Å². The Morgan fingerprint density at radius 2 is 2.00 bits per heavy atom. The molecule has 0 aliphatic rings. The molecule has 3 aromatic heterocycles. The third kappa shape index (κ3) is 3.42. The van der Waals surface area contributed by atoms with Crippen LogP contribution in [0.4, 0.5) is 11.5 Å². The minimum Gasteiger partial charge on any atom is -0.465 e. The van der Waals surface area contributed by atoms with Gasteiger partial charge in [-0.15, -0.1) is 0 Å². The molecule has 1 atom stereocenters. The topological polar surface area (TPSA) is 65.9 Å². The Morgan fingerprint density at radius 1 is 1.08 bits per heavy atom. The lowest BCUT2D eigenvalue weighted by atomic mass is 10.1. The summed E-state index contributed by atoms with van der Waals surface area (Å²) in [6, 6.07) is 18.5. The number of nitrogens with one attached hydrogen (secondary N) is 3. The molecular weight excluding hydrogens is 324 g/mol. The van der Waals surface area contributed by atoms with Gasteiger partial charge < -0.3 is 20.0 Å². The Labute approximate surface area is 152 Å². The predicted octanol–water partition coefficient (Wildman–Crippen LogP) is 5.25. The molecule has 1 aromatic carbocycles. The van der Waals surface area contributed by atoms with Crippen LogP contribution in [0.25, 0.3) is 10.9 Å². The van der Waals surface area contributed by atoms with Gasteiger partial charge in [-0.2, -0.15) is 0 Å². The number of rotatable bonds is 6. The lowest BCUT2D eigenvalue weighted by molar-refractivity contribution is 0.490. The maximum atomic E-state index is 5.59. The Kier molecular flexibility index (Phi) is 4.35. The number of benzene rings is 1. The molecule has 0 aliphatic carbocycles. The van der Waals surface area contributed by atoms with Gasteiger partial charge in [0, 0.05) is 23.0 Å². The lowest BCUT2D eigenvalue weighted by Crippen LogP contribution is -2.07. The third-order valence-corrected chi connectivity index (χ3v) is 4.43. The van der Waals surface area contributed by atoms with E-state index in [-0.39, 0.29) is 6.04 Å². The van der Waals surface area contributed by atoms with Crippen molar-refractivity contribution in [2.75, 3.05) is 10.6 Å². The summed E-state index contributed by atoms with van der Waals surface area (Å²) in [4.78, 5) is 7.98. The largest absolute Gasteiger partial charge is 0.465 e. The summed E-state index contributed by atoms with van der Waals surface area (Å²) in [6.07, 6.45) is 1.94. The van der Waals surface area contributed by atoms with Crippen molar-refractivity contribution < 1.29 is 4.42 Å². The van der Waals surface area contributed by atoms with Crippen molar-refractivity contribution in [3.05, 3.63) is 78.0 Å². The number of nitrogens with zero attached hydrogens (tertiary/aromatic N) is 1. The van der Waals surface area contributed by atoms with Crippen molar-refractivity contribution in [1.82, 2.24) is 9.97 Å². The second-order valence-electron chi connectivity index (χ2n) is 6.43. The number of furan rings is 1. The molecule has 0 spiro atoms. The first-order valence-electron chi connectivity index (χ1n) is 8.78. The van der Waals surface area contributed by atoms with E-state index in [1.807, 2.05) is 49.5 Å². The average molecular weight is 346 g/mol. The van der Waals surface area contributed by atoms with Crippen molar-refractivity contribution in [3.63, 3.8) is 0 Å². The Hall–Kier alpha value is -3.21. The normalized spacial score (nSPS) is 12.2. The van der Waals surface area contributed by atoms with E-state index in [0.29, 0.717) is 6.54 Å². The first kappa shape index (κ1) is 16.3. The fraction of sp³-hybridized carbons (Fsp3) is 0.190. The summed E-state index contributed by atoms with van der Waals surface area (Å²) in [5.74, 6) is 2.65. The Morgan fingerprint density at radius 3 is 2.77 bits per heavy atom. The highest BCUT2D eigenvalue weighted by atomic mass is 16.3. The zero-order chi connectivity index (χ0) is 17.9. The molecule has 0 fully saturated rings. The molecule has 1 unspecified atom stereocenters. The van der Waals surface area contributed by atoms with Crippen LogP contribution >= 0.6 is 0 Å². The van der Waals surface area contributed by atoms with Crippen LogP contribution in [0.1, 0.15) is 30.2 Å². The fourth-order valence-corrected chi connectivity index (χ4v) is 3.06. The molecule has 3 heterocycles. The van der Waals surface area contributed by atoms with Gasteiger partial charge in [-0.1, -0.05) is 6.07 Å². The van der Waals surface area contributed by atoms with Crippen molar-refractivity contribution in [2.45, 2.75) is 26.4 Å². The zero-order valence-electron chi connectivity index (χ0n) is 14.9. The number of hydrogen-bond acceptors (Lipinski definition) is 4. The molecule has 3 N–H and O–H groups in total. The van der Waals surface area contributed by atoms with Gasteiger partial charge in [-0.25, -0.2) is 4.98 Å². The van der Waals surface area contributed by atoms with Gasteiger partial charge in [0.2, 0.25) is 0 Å². The highest BCUT2D eigenvalue weighted by Gasteiger charge is 2.09. The second-order valence-corrected chi connectivity index (χ2v) is 6.43. The minimum absolute atomic E-state index is 0.190. The molecule has 0 aliphatic heterocycles. The quantitative estimate of drug-likeness (QED) is 0.446. The lowest BCUT2D eigenvalue weighted by Gasteiger charge is -2.16. The smallest absolute Gasteiger partial charge is 0.127 e. The van der Waals surface area contributed by atoms with Crippen LogP contribution in [0.2, 0.25) is 0 Å². The molecule has 0 bridgehead atoms. The number of aryl methyl sites for hydroxylation is 1.